The normalized spacial score (nSPS) is 14.1. The summed E-state index contributed by atoms with van der Waals surface area (Å²) >= 11 is 0. The number of rotatable bonds is 1. The van der Waals surface area contributed by atoms with Crippen LogP contribution in [0.2, 0.25) is 0 Å². The molecule has 3 aromatic carbocycles. The van der Waals surface area contributed by atoms with Gasteiger partial charge in [-0.2, -0.15) is 0 Å². The van der Waals surface area contributed by atoms with Crippen molar-refractivity contribution in [3.8, 4) is 11.3 Å². The van der Waals surface area contributed by atoms with Gasteiger partial charge in [-0.15, -0.1) is 29.8 Å². The van der Waals surface area contributed by atoms with E-state index in [1.54, 1.807) is 24.4 Å². The number of hydrogen-bond donors (Lipinski definition) is 1. The summed E-state index contributed by atoms with van der Waals surface area (Å²) in [4.78, 5) is 21.2. The van der Waals surface area contributed by atoms with Gasteiger partial charge in [-0.05, 0) is 69.6 Å². The first-order valence-corrected chi connectivity index (χ1v) is 15.3. The number of nitrogens with zero attached hydrogens (tertiary/aromatic N) is 2. The van der Waals surface area contributed by atoms with E-state index < -0.39 is 15.3 Å². The fraction of sp³-hybridized carbons (Fsp3) is 0.286. The summed E-state index contributed by atoms with van der Waals surface area (Å²) in [5.74, 6) is 0.104. The second-order valence-corrected chi connectivity index (χ2v) is 14.8. The predicted molar refractivity (Wildman–Crippen MR) is 168 cm³/mol. The quantitative estimate of drug-likeness (QED) is 0.0783. The fourth-order valence-corrected chi connectivity index (χ4v) is 6.78. The van der Waals surface area contributed by atoms with Crippen molar-refractivity contribution in [1.29, 1.82) is 0 Å². The van der Waals surface area contributed by atoms with Gasteiger partial charge < -0.3 is 10.1 Å². The molecule has 0 saturated heterocycles. The van der Waals surface area contributed by atoms with E-state index in [1.165, 1.54) is 6.08 Å². The average molecular weight is 772 g/mol. The van der Waals surface area contributed by atoms with Crippen molar-refractivity contribution >= 4 is 47.9 Å². The van der Waals surface area contributed by atoms with E-state index in [2.05, 4.69) is 28.2 Å². The van der Waals surface area contributed by atoms with Crippen molar-refractivity contribution < 1.29 is 38.4 Å². The molecule has 0 aliphatic carbocycles. The summed E-state index contributed by atoms with van der Waals surface area (Å²) in [6, 6.07) is 18.0. The summed E-state index contributed by atoms with van der Waals surface area (Å²) in [7, 11) is -3.67. The molecule has 1 radical (unpaired) electrons. The number of aliphatic hydroxyl groups excluding tert-OH is 1. The summed E-state index contributed by atoms with van der Waals surface area (Å²) < 4.78 is 27.1. The first kappa shape index (κ1) is 32.5. The number of carbonyl (C=O) groups excluding carboxylic acids is 1. The molecule has 0 spiro atoms. The Morgan fingerprint density at radius 2 is 1.51 bits per heavy atom. The molecule has 0 bridgehead atoms. The van der Waals surface area contributed by atoms with E-state index in [4.69, 9.17) is 0 Å². The molecule has 2 aromatic heterocycles. The van der Waals surface area contributed by atoms with Crippen LogP contribution in [0.4, 0.5) is 0 Å². The van der Waals surface area contributed by atoms with Crippen LogP contribution in [-0.2, 0) is 34.7 Å². The number of aliphatic hydroxyl groups is 1. The minimum atomic E-state index is -3.67. The summed E-state index contributed by atoms with van der Waals surface area (Å²) in [6.45, 7) is 15.1. The predicted octanol–water partition coefficient (Wildman–Crippen LogP) is 8.25. The number of carbonyl (C=O) groups is 1. The van der Waals surface area contributed by atoms with Gasteiger partial charge >= 0.3 is 0 Å². The first-order valence-electron chi connectivity index (χ1n) is 13.9. The van der Waals surface area contributed by atoms with Crippen LogP contribution in [0, 0.1) is 30.7 Å². The number of pyridine rings is 2. The van der Waals surface area contributed by atoms with Gasteiger partial charge in [0.15, 0.2) is 15.6 Å². The zero-order valence-corrected chi connectivity index (χ0v) is 28.8. The van der Waals surface area contributed by atoms with Crippen LogP contribution in [0.5, 0.6) is 0 Å². The Kier molecular flexibility index (Phi) is 8.48. The largest absolute Gasteiger partial charge is 0.512 e. The third kappa shape index (κ3) is 5.76. The molecule has 3 heterocycles. The van der Waals surface area contributed by atoms with Crippen molar-refractivity contribution in [3.05, 3.63) is 84.0 Å². The van der Waals surface area contributed by atoms with Crippen molar-refractivity contribution in [2.45, 2.75) is 65.2 Å². The zero-order chi connectivity index (χ0) is 30.8. The van der Waals surface area contributed by atoms with Crippen molar-refractivity contribution in [2.75, 3.05) is 0 Å². The van der Waals surface area contributed by atoms with Crippen LogP contribution in [0.1, 0.15) is 52.9 Å². The Bertz CT molecular complexity index is 2070. The topological polar surface area (TPSA) is 97.2 Å². The zero-order valence-electron chi connectivity index (χ0n) is 25.6. The molecule has 5 aromatic rings. The van der Waals surface area contributed by atoms with Gasteiger partial charge in [-0.25, -0.2) is 8.42 Å². The molecule has 0 saturated carbocycles. The standard InChI is InChI=1S/C24H15N2O2S.C11H20O2.Ir/c1-13-11-19-15(14(2)26-13)7-8-16-17-9-10-25-24-18-5-3-4-6-21(18)29(27,28)22(23(17)24)12-20(16)19;1-10(2,3)8(12)7-9(13)11(4,5)6;/h3-4,6-12H,1-2H3;7,12H,1-6H3;/q-1;;/b;8-7-;. The maximum atomic E-state index is 13.5. The fourth-order valence-electron chi connectivity index (χ4n) is 5.11. The Morgan fingerprint density at radius 3 is 2.16 bits per heavy atom. The minimum absolute atomic E-state index is 0. The second kappa shape index (κ2) is 11.2. The molecular weight excluding hydrogens is 737 g/mol. The Morgan fingerprint density at radius 1 is 0.860 bits per heavy atom. The van der Waals surface area contributed by atoms with Gasteiger partial charge in [0.2, 0.25) is 0 Å². The SMILES string of the molecule is CC(C)(C)C(=O)/C=C(\O)C(C)(C)C.Cc1cc2c(ccc3c4ccnc5c4c(cc23)S(=O)(=O)c2ccc[c-]c2-5)c(C)n1.[Ir]. The molecule has 0 unspecified atom stereocenters. The molecule has 0 atom stereocenters. The van der Waals surface area contributed by atoms with Gasteiger partial charge in [0.1, 0.15) is 5.76 Å². The third-order valence-electron chi connectivity index (χ3n) is 7.55. The monoisotopic (exact) mass is 772 g/mol. The van der Waals surface area contributed by atoms with E-state index in [0.29, 0.717) is 21.5 Å². The van der Waals surface area contributed by atoms with E-state index in [-0.39, 0.29) is 42.0 Å². The summed E-state index contributed by atoms with van der Waals surface area (Å²) in [6.07, 6.45) is 3.08. The molecule has 1 N–H and O–H groups in total. The van der Waals surface area contributed by atoms with Crippen LogP contribution in [0.25, 0.3) is 43.6 Å². The Balaban J connectivity index is 0.000000260. The van der Waals surface area contributed by atoms with Gasteiger partial charge in [0, 0.05) is 60.0 Å². The molecule has 6 rings (SSSR count). The maximum Gasteiger partial charge on any atom is 0.172 e. The molecule has 0 amide bonds. The van der Waals surface area contributed by atoms with E-state index >= 15 is 0 Å². The minimum Gasteiger partial charge on any atom is -0.512 e. The number of ketones is 1. The van der Waals surface area contributed by atoms with Crippen LogP contribution in [-0.4, -0.2) is 29.3 Å². The molecular formula is C35H35IrN2O4S-. The average Bonchev–Trinajstić information content (AvgIpc) is 2.90. The van der Waals surface area contributed by atoms with E-state index in [0.717, 1.165) is 38.3 Å². The number of aryl methyl sites for hydroxylation is 2. The first-order chi connectivity index (χ1) is 19.5. The van der Waals surface area contributed by atoms with E-state index in [1.807, 2.05) is 73.6 Å². The number of hydrogen-bond acceptors (Lipinski definition) is 6. The van der Waals surface area contributed by atoms with Crippen LogP contribution < -0.4 is 0 Å². The Labute approximate surface area is 266 Å². The van der Waals surface area contributed by atoms with Crippen LogP contribution >= 0.6 is 0 Å². The Hall–Kier alpha value is -3.45. The van der Waals surface area contributed by atoms with E-state index in [9.17, 15) is 18.3 Å². The molecule has 8 heteroatoms. The number of aromatic nitrogens is 2. The summed E-state index contributed by atoms with van der Waals surface area (Å²) in [5, 5.41) is 15.1. The molecule has 1 aliphatic heterocycles. The van der Waals surface area contributed by atoms with Gasteiger partial charge in [-0.3, -0.25) is 9.78 Å². The van der Waals surface area contributed by atoms with Gasteiger partial charge in [-0.1, -0.05) is 53.7 Å². The summed E-state index contributed by atoms with van der Waals surface area (Å²) in [5.41, 5.74) is 2.30. The molecule has 1 aliphatic rings. The second-order valence-electron chi connectivity index (χ2n) is 12.9. The number of benzene rings is 3. The van der Waals surface area contributed by atoms with Crippen molar-refractivity contribution in [2.24, 2.45) is 10.8 Å². The number of allylic oxidation sites excluding steroid dienone is 2. The smallest absolute Gasteiger partial charge is 0.172 e. The number of sulfone groups is 1. The van der Waals surface area contributed by atoms with Gasteiger partial charge in [0.05, 0.1) is 4.90 Å². The maximum absolute atomic E-state index is 13.5. The van der Waals surface area contributed by atoms with Crippen LogP contribution in [0.15, 0.2) is 76.4 Å². The van der Waals surface area contributed by atoms with Gasteiger partial charge in [0.25, 0.3) is 0 Å². The van der Waals surface area contributed by atoms with Crippen molar-refractivity contribution in [3.63, 3.8) is 0 Å². The van der Waals surface area contributed by atoms with Crippen LogP contribution in [0.3, 0.4) is 0 Å². The number of fused-ring (bicyclic) bond motifs is 6. The third-order valence-corrected chi connectivity index (χ3v) is 9.37. The molecule has 6 nitrogen and oxygen atoms in total. The molecule has 225 valence electrons. The molecule has 43 heavy (non-hydrogen) atoms. The molecule has 0 fully saturated rings. The van der Waals surface area contributed by atoms with Crippen molar-refractivity contribution in [1.82, 2.24) is 9.97 Å².